The molecule has 2 N–H and O–H groups in total. The van der Waals surface area contributed by atoms with E-state index in [0.717, 1.165) is 24.8 Å². The summed E-state index contributed by atoms with van der Waals surface area (Å²) in [6.07, 6.45) is 8.58. The van der Waals surface area contributed by atoms with Crippen LogP contribution in [0.3, 0.4) is 0 Å². The van der Waals surface area contributed by atoms with E-state index in [4.69, 9.17) is 14.2 Å². The number of amides is 1. The molecule has 8 nitrogen and oxygen atoms in total. The minimum Gasteiger partial charge on any atom is -0.486 e. The molecule has 42 heavy (non-hydrogen) atoms. The third-order valence-corrected chi connectivity index (χ3v) is 11.1. The molecule has 0 spiro atoms. The van der Waals surface area contributed by atoms with Crippen molar-refractivity contribution in [1.29, 1.82) is 0 Å². The molecule has 1 amide bonds. The van der Waals surface area contributed by atoms with Gasteiger partial charge in [0.25, 0.3) is 0 Å². The fraction of sp³-hybridized carbons (Fsp3) is 0.618. The van der Waals surface area contributed by atoms with Crippen molar-refractivity contribution in [2.45, 2.75) is 96.7 Å². The second-order valence-corrected chi connectivity index (χ2v) is 13.3. The number of allylic oxidation sites excluding steroid dienone is 4. The number of carbonyl (C=O) groups excluding carboxylic acids is 3. The molecule has 4 fully saturated rings. The number of ketones is 2. The van der Waals surface area contributed by atoms with Crippen LogP contribution in [0.15, 0.2) is 48.1 Å². The Balaban J connectivity index is 1.27. The van der Waals surface area contributed by atoms with Gasteiger partial charge < -0.3 is 24.6 Å². The van der Waals surface area contributed by atoms with Crippen LogP contribution in [0.1, 0.15) is 72.6 Å². The van der Waals surface area contributed by atoms with Gasteiger partial charge in [0.1, 0.15) is 12.4 Å². The molecule has 3 saturated carbocycles. The summed E-state index contributed by atoms with van der Waals surface area (Å²) in [6, 6.07) is 6.99. The van der Waals surface area contributed by atoms with E-state index < -0.39 is 29.5 Å². The number of aliphatic hydroxyl groups excluding tert-OH is 1. The standard InChI is InChI=1S/C34H43NO7/c1-5-7-30-41-28-17-25-24-13-8-20-16-22(36)14-15-32(20,3)31(24)26(37)18-33(25,4)34(28,42-30)27(38)19-40-23-11-9-21(10-12-23)35-29(39)6-2/h9-12,14-16,24-26,28,30-31,37H,5-8,13,17-19H2,1-4H3,(H,35,39)/t24-,25-,26-,28+,30?,31?,32-,33-,34+/m0/s1. The Labute approximate surface area is 247 Å². The molecule has 9 atom stereocenters. The number of fused-ring (bicyclic) bond motifs is 7. The normalized spacial score (nSPS) is 39.9. The summed E-state index contributed by atoms with van der Waals surface area (Å²) < 4.78 is 19.2. The average molecular weight is 578 g/mol. The highest BCUT2D eigenvalue weighted by molar-refractivity contribution is 6.01. The first kappa shape index (κ1) is 29.3. The highest BCUT2D eigenvalue weighted by Crippen LogP contribution is 2.69. The zero-order valence-corrected chi connectivity index (χ0v) is 25.1. The van der Waals surface area contributed by atoms with E-state index in [2.05, 4.69) is 26.1 Å². The van der Waals surface area contributed by atoms with Crippen molar-refractivity contribution in [3.8, 4) is 5.75 Å². The lowest BCUT2D eigenvalue weighted by Gasteiger charge is -2.59. The van der Waals surface area contributed by atoms with Crippen LogP contribution in [0.4, 0.5) is 5.69 Å². The lowest BCUT2D eigenvalue weighted by molar-refractivity contribution is -0.200. The monoisotopic (exact) mass is 577 g/mol. The molecular formula is C34H43NO7. The van der Waals surface area contributed by atoms with Gasteiger partial charge in [-0.15, -0.1) is 0 Å². The van der Waals surface area contributed by atoms with Crippen molar-refractivity contribution in [2.75, 3.05) is 11.9 Å². The van der Waals surface area contributed by atoms with Crippen molar-refractivity contribution in [3.63, 3.8) is 0 Å². The fourth-order valence-electron chi connectivity index (χ4n) is 9.15. The van der Waals surface area contributed by atoms with Crippen molar-refractivity contribution in [1.82, 2.24) is 0 Å². The number of Topliss-reactive ketones (excluding diaryl/α,β-unsaturated/α-hetero) is 1. The van der Waals surface area contributed by atoms with E-state index in [9.17, 15) is 19.5 Å². The van der Waals surface area contributed by atoms with Gasteiger partial charge in [-0.2, -0.15) is 0 Å². The predicted molar refractivity (Wildman–Crippen MR) is 157 cm³/mol. The van der Waals surface area contributed by atoms with Gasteiger partial charge in [0.2, 0.25) is 11.7 Å². The van der Waals surface area contributed by atoms with Crippen molar-refractivity contribution < 1.29 is 33.7 Å². The molecule has 1 heterocycles. The maximum atomic E-state index is 14.4. The number of ether oxygens (including phenoxy) is 3. The lowest BCUT2D eigenvalue weighted by atomic mass is 9.46. The Hall–Kier alpha value is -2.81. The number of aliphatic hydroxyl groups is 1. The number of benzene rings is 1. The van der Waals surface area contributed by atoms with E-state index in [-0.39, 0.29) is 47.2 Å². The van der Waals surface area contributed by atoms with E-state index >= 15 is 0 Å². The Morgan fingerprint density at radius 3 is 2.64 bits per heavy atom. The Kier molecular flexibility index (Phi) is 7.47. The molecule has 5 aliphatic rings. The second kappa shape index (κ2) is 10.7. The Morgan fingerprint density at radius 2 is 1.93 bits per heavy atom. The molecule has 0 bridgehead atoms. The number of hydrogen-bond acceptors (Lipinski definition) is 7. The molecule has 1 saturated heterocycles. The molecule has 0 radical (unpaired) electrons. The summed E-state index contributed by atoms with van der Waals surface area (Å²) in [6.45, 7) is 7.95. The first-order valence-electron chi connectivity index (χ1n) is 15.6. The molecule has 4 aliphatic carbocycles. The maximum absolute atomic E-state index is 14.4. The van der Waals surface area contributed by atoms with E-state index in [1.165, 1.54) is 0 Å². The quantitative estimate of drug-likeness (QED) is 0.440. The summed E-state index contributed by atoms with van der Waals surface area (Å²) >= 11 is 0. The lowest BCUT2D eigenvalue weighted by Crippen LogP contribution is -2.63. The summed E-state index contributed by atoms with van der Waals surface area (Å²) in [5, 5.41) is 14.7. The molecule has 1 aliphatic heterocycles. The molecule has 226 valence electrons. The predicted octanol–water partition coefficient (Wildman–Crippen LogP) is 5.15. The van der Waals surface area contributed by atoms with Gasteiger partial charge in [0, 0.05) is 28.9 Å². The van der Waals surface area contributed by atoms with Crippen LogP contribution in [-0.2, 0) is 23.9 Å². The smallest absolute Gasteiger partial charge is 0.224 e. The van der Waals surface area contributed by atoms with Gasteiger partial charge in [-0.3, -0.25) is 14.4 Å². The van der Waals surface area contributed by atoms with E-state index in [1.807, 2.05) is 6.08 Å². The first-order valence-corrected chi connectivity index (χ1v) is 15.6. The van der Waals surface area contributed by atoms with Crippen molar-refractivity contribution >= 4 is 23.2 Å². The van der Waals surface area contributed by atoms with Crippen LogP contribution in [0.5, 0.6) is 5.75 Å². The molecule has 1 aromatic rings. The summed E-state index contributed by atoms with van der Waals surface area (Å²) in [5.74, 6) is 0.552. The maximum Gasteiger partial charge on any atom is 0.224 e. The molecule has 2 unspecified atom stereocenters. The Morgan fingerprint density at radius 1 is 1.17 bits per heavy atom. The molecule has 6 rings (SSSR count). The van der Waals surface area contributed by atoms with Crippen molar-refractivity contribution in [2.24, 2.45) is 28.6 Å². The van der Waals surface area contributed by atoms with E-state index in [0.29, 0.717) is 37.1 Å². The third-order valence-electron chi connectivity index (χ3n) is 11.1. The molecule has 8 heteroatoms. The highest BCUT2D eigenvalue weighted by Gasteiger charge is 2.75. The van der Waals surface area contributed by atoms with Gasteiger partial charge in [-0.1, -0.05) is 45.8 Å². The third kappa shape index (κ3) is 4.40. The minimum atomic E-state index is -1.21. The van der Waals surface area contributed by atoms with Crippen LogP contribution in [0.2, 0.25) is 0 Å². The number of nitrogens with one attached hydrogen (secondary N) is 1. The number of hydrogen-bond donors (Lipinski definition) is 2. The second-order valence-electron chi connectivity index (χ2n) is 13.3. The van der Waals surface area contributed by atoms with Gasteiger partial charge in [0.15, 0.2) is 17.7 Å². The van der Waals surface area contributed by atoms with Crippen LogP contribution in [0.25, 0.3) is 0 Å². The van der Waals surface area contributed by atoms with Crippen LogP contribution >= 0.6 is 0 Å². The SMILES string of the molecule is CCCC1O[C@@H]2C[C@H]3[C@@H]4CCC5=CC(=O)C=C[C@]5(C)C4[C@@H](O)C[C@]3(C)[C@]2(C(=O)COc2ccc(NC(=O)CC)cc2)O1. The summed E-state index contributed by atoms with van der Waals surface area (Å²) in [4.78, 5) is 38.2. The number of anilines is 1. The average Bonchev–Trinajstić information content (AvgIpc) is 3.44. The minimum absolute atomic E-state index is 0.0140. The largest absolute Gasteiger partial charge is 0.486 e. The zero-order valence-electron chi connectivity index (χ0n) is 25.1. The summed E-state index contributed by atoms with van der Waals surface area (Å²) in [7, 11) is 0. The van der Waals surface area contributed by atoms with Crippen LogP contribution < -0.4 is 10.1 Å². The molecule has 0 aromatic heterocycles. The first-order chi connectivity index (χ1) is 20.1. The van der Waals surface area contributed by atoms with Crippen LogP contribution in [0, 0.1) is 28.6 Å². The number of carbonyl (C=O) groups is 3. The summed E-state index contributed by atoms with van der Waals surface area (Å²) in [5.41, 5.74) is -0.464. The van der Waals surface area contributed by atoms with Crippen molar-refractivity contribution in [3.05, 3.63) is 48.1 Å². The Bertz CT molecular complexity index is 1320. The van der Waals surface area contributed by atoms with Crippen LogP contribution in [-0.4, -0.2) is 53.3 Å². The number of rotatable bonds is 8. The topological polar surface area (TPSA) is 111 Å². The van der Waals surface area contributed by atoms with Gasteiger partial charge in [-0.05, 0) is 80.4 Å². The van der Waals surface area contributed by atoms with Gasteiger partial charge >= 0.3 is 0 Å². The fourth-order valence-corrected chi connectivity index (χ4v) is 9.15. The molecular weight excluding hydrogens is 534 g/mol. The molecule has 1 aromatic carbocycles. The van der Waals surface area contributed by atoms with Gasteiger partial charge in [0.05, 0.1) is 12.2 Å². The van der Waals surface area contributed by atoms with Gasteiger partial charge in [-0.25, -0.2) is 0 Å². The highest BCUT2D eigenvalue weighted by atomic mass is 16.7. The van der Waals surface area contributed by atoms with E-state index in [1.54, 1.807) is 43.3 Å². The zero-order chi connectivity index (χ0) is 29.9.